The van der Waals surface area contributed by atoms with Gasteiger partial charge >= 0.3 is 5.97 Å². The first-order chi connectivity index (χ1) is 9.48. The minimum absolute atomic E-state index is 0. The first-order valence-corrected chi connectivity index (χ1v) is 9.72. The van der Waals surface area contributed by atoms with Gasteiger partial charge < -0.3 is 5.11 Å². The number of carboxylic acid groups (broad SMARTS) is 1. The maximum atomic E-state index is 11.5. The highest BCUT2D eigenvalue weighted by atomic mass is 35.5. The third-order valence-corrected chi connectivity index (χ3v) is 5.17. The van der Waals surface area contributed by atoms with Gasteiger partial charge in [0.1, 0.15) is 0 Å². The van der Waals surface area contributed by atoms with Crippen molar-refractivity contribution >= 4 is 28.2 Å². The largest absolute Gasteiger partial charge is 0.481 e. The second-order valence-electron chi connectivity index (χ2n) is 5.48. The SMILES string of the molecule is CCCCCCCCCCCCS(=O)(=O)CCC(=O)O.Cl. The minimum Gasteiger partial charge on any atom is -0.481 e. The second kappa shape index (κ2) is 14.6. The van der Waals surface area contributed by atoms with Crippen LogP contribution in [-0.4, -0.2) is 31.0 Å². The Labute approximate surface area is 136 Å². The van der Waals surface area contributed by atoms with Crippen LogP contribution in [-0.2, 0) is 14.6 Å². The van der Waals surface area contributed by atoms with Crippen LogP contribution in [0.25, 0.3) is 0 Å². The van der Waals surface area contributed by atoms with Gasteiger partial charge in [0.15, 0.2) is 9.84 Å². The molecule has 0 aliphatic carbocycles. The number of hydrogen-bond acceptors (Lipinski definition) is 3. The van der Waals surface area contributed by atoms with Gasteiger partial charge in [-0.3, -0.25) is 4.79 Å². The molecule has 0 saturated heterocycles. The van der Waals surface area contributed by atoms with Crippen LogP contribution >= 0.6 is 12.4 Å². The van der Waals surface area contributed by atoms with Crippen LogP contribution in [0.2, 0.25) is 0 Å². The van der Waals surface area contributed by atoms with E-state index < -0.39 is 15.8 Å². The average molecular weight is 343 g/mol. The summed E-state index contributed by atoms with van der Waals surface area (Å²) in [4.78, 5) is 10.3. The Kier molecular flexibility index (Phi) is 16.0. The van der Waals surface area contributed by atoms with Crippen molar-refractivity contribution in [3.05, 3.63) is 0 Å². The van der Waals surface area contributed by atoms with E-state index in [2.05, 4.69) is 6.92 Å². The molecule has 0 aromatic carbocycles. The predicted molar refractivity (Wildman–Crippen MR) is 90.0 cm³/mol. The summed E-state index contributed by atoms with van der Waals surface area (Å²) < 4.78 is 23.0. The summed E-state index contributed by atoms with van der Waals surface area (Å²) in [5.41, 5.74) is 0. The number of sulfone groups is 1. The summed E-state index contributed by atoms with van der Waals surface area (Å²) in [5, 5.41) is 8.46. The summed E-state index contributed by atoms with van der Waals surface area (Å²) in [6.45, 7) is 2.21. The summed E-state index contributed by atoms with van der Waals surface area (Å²) in [7, 11) is -3.17. The third-order valence-electron chi connectivity index (χ3n) is 3.44. The fourth-order valence-corrected chi connectivity index (χ4v) is 3.49. The Morgan fingerprint density at radius 2 is 1.24 bits per heavy atom. The van der Waals surface area contributed by atoms with Crippen LogP contribution in [0.3, 0.4) is 0 Å². The Morgan fingerprint density at radius 1 is 0.810 bits per heavy atom. The highest BCUT2D eigenvalue weighted by molar-refractivity contribution is 7.91. The van der Waals surface area contributed by atoms with Crippen molar-refractivity contribution in [1.82, 2.24) is 0 Å². The molecule has 0 unspecified atom stereocenters. The van der Waals surface area contributed by atoms with E-state index in [1.807, 2.05) is 0 Å². The molecule has 0 aliphatic rings. The monoisotopic (exact) mass is 342 g/mol. The molecule has 0 aliphatic heterocycles. The fourth-order valence-electron chi connectivity index (χ4n) is 2.15. The van der Waals surface area contributed by atoms with Crippen molar-refractivity contribution in [3.8, 4) is 0 Å². The minimum atomic E-state index is -3.17. The topological polar surface area (TPSA) is 71.4 Å². The standard InChI is InChI=1S/C15H30O4S.ClH/c1-2-3-4-5-6-7-8-9-10-11-13-20(18,19)14-12-15(16)17;/h2-14H2,1H3,(H,16,17);1H. The second-order valence-corrected chi connectivity index (χ2v) is 7.78. The molecule has 1 N–H and O–H groups in total. The van der Waals surface area contributed by atoms with Crippen molar-refractivity contribution in [2.24, 2.45) is 0 Å². The molecule has 6 heteroatoms. The molecule has 0 aromatic heterocycles. The zero-order valence-corrected chi connectivity index (χ0v) is 14.8. The molecule has 0 amide bonds. The van der Waals surface area contributed by atoms with E-state index in [-0.39, 0.29) is 30.3 Å². The highest BCUT2D eigenvalue weighted by Gasteiger charge is 2.12. The smallest absolute Gasteiger partial charge is 0.304 e. The fraction of sp³-hybridized carbons (Fsp3) is 0.933. The molecule has 0 saturated carbocycles. The Morgan fingerprint density at radius 3 is 1.67 bits per heavy atom. The zero-order valence-electron chi connectivity index (χ0n) is 13.2. The average Bonchev–Trinajstić information content (AvgIpc) is 2.39. The van der Waals surface area contributed by atoms with Gasteiger partial charge in [-0.2, -0.15) is 0 Å². The third kappa shape index (κ3) is 17.7. The van der Waals surface area contributed by atoms with Gasteiger partial charge in [0, 0.05) is 0 Å². The lowest BCUT2D eigenvalue weighted by Gasteiger charge is -2.03. The number of aliphatic carboxylic acids is 1. The van der Waals surface area contributed by atoms with Gasteiger partial charge in [0.2, 0.25) is 0 Å². The first kappa shape index (κ1) is 23.0. The van der Waals surface area contributed by atoms with E-state index in [9.17, 15) is 13.2 Å². The summed E-state index contributed by atoms with van der Waals surface area (Å²) in [5.74, 6) is -1.13. The molecule has 0 atom stereocenters. The van der Waals surface area contributed by atoms with E-state index in [0.717, 1.165) is 12.8 Å². The van der Waals surface area contributed by atoms with Gasteiger partial charge in [0.25, 0.3) is 0 Å². The lowest BCUT2D eigenvalue weighted by Crippen LogP contribution is -2.14. The molecule has 0 radical (unpaired) electrons. The maximum absolute atomic E-state index is 11.5. The molecule has 0 aromatic rings. The number of hydrogen-bond donors (Lipinski definition) is 1. The van der Waals surface area contributed by atoms with Crippen molar-refractivity contribution < 1.29 is 18.3 Å². The van der Waals surface area contributed by atoms with Gasteiger partial charge in [0.05, 0.1) is 17.9 Å². The maximum Gasteiger partial charge on any atom is 0.304 e. The number of carboxylic acids is 1. The van der Waals surface area contributed by atoms with Crippen molar-refractivity contribution in [2.45, 2.75) is 77.6 Å². The van der Waals surface area contributed by atoms with Crippen LogP contribution in [0.15, 0.2) is 0 Å². The zero-order chi connectivity index (χ0) is 15.3. The molecule has 0 rings (SSSR count). The van der Waals surface area contributed by atoms with Crippen LogP contribution in [0.4, 0.5) is 0 Å². The molecule has 128 valence electrons. The van der Waals surface area contributed by atoms with Crippen molar-refractivity contribution in [3.63, 3.8) is 0 Å². The Hall–Kier alpha value is -0.290. The first-order valence-electron chi connectivity index (χ1n) is 7.90. The molecule has 4 nitrogen and oxygen atoms in total. The quantitative estimate of drug-likeness (QED) is 0.480. The molecular formula is C15H31ClO4S. The van der Waals surface area contributed by atoms with E-state index in [0.29, 0.717) is 6.42 Å². The van der Waals surface area contributed by atoms with Gasteiger partial charge in [-0.05, 0) is 6.42 Å². The predicted octanol–water partition coefficient (Wildman–Crippen LogP) is 4.22. The molecular weight excluding hydrogens is 312 g/mol. The lowest BCUT2D eigenvalue weighted by molar-refractivity contribution is -0.136. The van der Waals surface area contributed by atoms with Crippen molar-refractivity contribution in [1.29, 1.82) is 0 Å². The summed E-state index contributed by atoms with van der Waals surface area (Å²) >= 11 is 0. The molecule has 0 spiro atoms. The van der Waals surface area contributed by atoms with Crippen LogP contribution in [0.5, 0.6) is 0 Å². The van der Waals surface area contributed by atoms with Gasteiger partial charge in [-0.15, -0.1) is 12.4 Å². The van der Waals surface area contributed by atoms with Crippen LogP contribution in [0, 0.1) is 0 Å². The highest BCUT2D eigenvalue weighted by Crippen LogP contribution is 2.11. The summed E-state index contributed by atoms with van der Waals surface area (Å²) in [6, 6.07) is 0. The summed E-state index contributed by atoms with van der Waals surface area (Å²) in [6.07, 6.45) is 11.4. The molecule has 0 bridgehead atoms. The lowest BCUT2D eigenvalue weighted by atomic mass is 10.1. The number of halogens is 1. The molecule has 0 fully saturated rings. The van der Waals surface area contributed by atoms with Crippen LogP contribution < -0.4 is 0 Å². The van der Waals surface area contributed by atoms with E-state index >= 15 is 0 Å². The molecule has 21 heavy (non-hydrogen) atoms. The van der Waals surface area contributed by atoms with Gasteiger partial charge in [-0.25, -0.2) is 8.42 Å². The van der Waals surface area contributed by atoms with Crippen molar-refractivity contribution in [2.75, 3.05) is 11.5 Å². The number of rotatable bonds is 14. The van der Waals surface area contributed by atoms with E-state index in [1.165, 1.54) is 44.9 Å². The van der Waals surface area contributed by atoms with E-state index in [4.69, 9.17) is 5.11 Å². The van der Waals surface area contributed by atoms with Crippen LogP contribution in [0.1, 0.15) is 77.6 Å². The Bertz CT molecular complexity index is 342. The normalized spacial score (nSPS) is 11.1. The number of unbranched alkanes of at least 4 members (excludes halogenated alkanes) is 9. The molecule has 0 heterocycles. The Balaban J connectivity index is 0. The number of carbonyl (C=O) groups is 1. The van der Waals surface area contributed by atoms with Gasteiger partial charge in [-0.1, -0.05) is 64.7 Å². The van der Waals surface area contributed by atoms with E-state index in [1.54, 1.807) is 0 Å².